The van der Waals surface area contributed by atoms with E-state index in [1.165, 1.54) is 0 Å². The molecule has 0 heterocycles. The van der Waals surface area contributed by atoms with Crippen molar-refractivity contribution in [2.75, 3.05) is 0 Å². The first-order valence-electron chi connectivity index (χ1n) is 0.946. The van der Waals surface area contributed by atoms with Crippen molar-refractivity contribution >= 4 is 4.92 Å². The van der Waals surface area contributed by atoms with Crippen LogP contribution in [0.25, 0.3) is 0 Å². The summed E-state index contributed by atoms with van der Waals surface area (Å²) >= 11 is 3.36. The minimum absolute atomic E-state index is 1.64. The molecule has 24 valence electrons. The van der Waals surface area contributed by atoms with Crippen LogP contribution in [0.2, 0.25) is 0 Å². The maximum absolute atomic E-state index is 3.36. The Labute approximate surface area is 33.9 Å². The van der Waals surface area contributed by atoms with Crippen molar-refractivity contribution in [2.45, 2.75) is 0 Å². The zero-order valence-corrected chi connectivity index (χ0v) is 3.32. The van der Waals surface area contributed by atoms with E-state index < -0.39 is 0 Å². The summed E-state index contributed by atoms with van der Waals surface area (Å²) in [6.07, 6.45) is 1.64. The van der Waals surface area contributed by atoms with Gasteiger partial charge in [0.05, 0.1) is 0 Å². The van der Waals surface area contributed by atoms with Gasteiger partial charge in [-0.15, -0.1) is 0 Å². The van der Waals surface area contributed by atoms with Crippen molar-refractivity contribution in [3.8, 4) is 0 Å². The predicted octanol–water partition coefficient (Wildman–Crippen LogP) is 0.521. The van der Waals surface area contributed by atoms with Gasteiger partial charge in [0.15, 0.2) is 0 Å². The molecular weight excluding hydrogens is 91.9 g/mol. The average molecular weight is 95.9 g/mol. The summed E-state index contributed by atoms with van der Waals surface area (Å²) in [5.74, 6) is 0. The molecule has 0 radical (unpaired) electrons. The summed E-state index contributed by atoms with van der Waals surface area (Å²) in [7, 11) is 0. The topological polar surface area (TPSA) is 0 Å². The third-order valence-electron chi connectivity index (χ3n) is 0.0833. The molecule has 4 heavy (non-hydrogen) atoms. The minimum atomic E-state index is 1.64. The molecule has 0 aliphatic rings. The molecule has 0 N–H and O–H groups in total. The van der Waals surface area contributed by atoms with Gasteiger partial charge in [-0.1, -0.05) is 0 Å². The van der Waals surface area contributed by atoms with Crippen LogP contribution in [0.15, 0.2) is 12.7 Å². The fraction of sp³-hybridized carbons (Fsp3) is 0. The third kappa shape index (κ3) is 2.13. The zero-order chi connectivity index (χ0) is 3.41. The molecule has 0 saturated carbocycles. The SMILES string of the molecule is C=C[CH]=[Fe]. The molecule has 0 aliphatic heterocycles. The second kappa shape index (κ2) is 3.13. The second-order valence-corrected chi connectivity index (χ2v) is 0.722. The van der Waals surface area contributed by atoms with E-state index in [2.05, 4.69) is 22.2 Å². The zero-order valence-electron chi connectivity index (χ0n) is 2.22. The van der Waals surface area contributed by atoms with E-state index in [0.717, 1.165) is 0 Å². The molecule has 0 atom stereocenters. The van der Waals surface area contributed by atoms with Gasteiger partial charge in [-0.25, -0.2) is 0 Å². The van der Waals surface area contributed by atoms with E-state index in [4.69, 9.17) is 0 Å². The Morgan fingerprint density at radius 2 is 2.00 bits per heavy atom. The fourth-order valence-electron chi connectivity index (χ4n) is 0. The Morgan fingerprint density at radius 1 is 1.75 bits per heavy atom. The van der Waals surface area contributed by atoms with Crippen LogP contribution in [0.5, 0.6) is 0 Å². The van der Waals surface area contributed by atoms with Gasteiger partial charge >= 0.3 is 33.2 Å². The number of rotatable bonds is 1. The summed E-state index contributed by atoms with van der Waals surface area (Å²) in [4.78, 5) is 1.64. The van der Waals surface area contributed by atoms with E-state index in [0.29, 0.717) is 0 Å². The molecule has 0 nitrogen and oxygen atoms in total. The van der Waals surface area contributed by atoms with Crippen molar-refractivity contribution in [1.29, 1.82) is 0 Å². The molecule has 1 heteroatoms. The van der Waals surface area contributed by atoms with Crippen molar-refractivity contribution < 1.29 is 15.6 Å². The Kier molecular flexibility index (Phi) is 3.23. The van der Waals surface area contributed by atoms with E-state index in [9.17, 15) is 0 Å². The Balaban J connectivity index is 2.73. The van der Waals surface area contributed by atoms with Gasteiger partial charge in [0.2, 0.25) is 0 Å². The first kappa shape index (κ1) is 4.13. The Hall–Kier alpha value is 0.129. The van der Waals surface area contributed by atoms with Gasteiger partial charge in [-0.2, -0.15) is 0 Å². The fourth-order valence-corrected chi connectivity index (χ4v) is 0. The molecule has 0 saturated heterocycles. The van der Waals surface area contributed by atoms with Crippen LogP contribution in [0.3, 0.4) is 0 Å². The molecule has 0 unspecified atom stereocenters. The van der Waals surface area contributed by atoms with Crippen molar-refractivity contribution in [1.82, 2.24) is 0 Å². The second-order valence-electron chi connectivity index (χ2n) is 0.354. The molecule has 0 aromatic rings. The van der Waals surface area contributed by atoms with E-state index in [-0.39, 0.29) is 0 Å². The molecule has 0 aliphatic carbocycles. The molecule has 0 aromatic carbocycles. The van der Waals surface area contributed by atoms with Crippen LogP contribution >= 0.6 is 0 Å². The average Bonchev–Trinajstić information content (AvgIpc) is 1.37. The van der Waals surface area contributed by atoms with Crippen LogP contribution in [0, 0.1) is 0 Å². The monoisotopic (exact) mass is 96.0 g/mol. The van der Waals surface area contributed by atoms with Crippen LogP contribution in [-0.2, 0) is 15.6 Å². The summed E-state index contributed by atoms with van der Waals surface area (Å²) in [6, 6.07) is 0. The quantitative estimate of drug-likeness (QED) is 0.417. The molecule has 0 spiro atoms. The first-order valence-corrected chi connectivity index (χ1v) is 1.58. The van der Waals surface area contributed by atoms with Gasteiger partial charge in [-0.05, 0) is 0 Å². The van der Waals surface area contributed by atoms with Crippen LogP contribution in [-0.4, -0.2) is 4.92 Å². The van der Waals surface area contributed by atoms with Crippen molar-refractivity contribution in [2.24, 2.45) is 0 Å². The van der Waals surface area contributed by atoms with Gasteiger partial charge in [-0.3, -0.25) is 0 Å². The van der Waals surface area contributed by atoms with Crippen LogP contribution in [0.1, 0.15) is 0 Å². The van der Waals surface area contributed by atoms with Crippen LogP contribution < -0.4 is 0 Å². The number of hydrogen-bond acceptors (Lipinski definition) is 0. The van der Waals surface area contributed by atoms with Gasteiger partial charge in [0, 0.05) is 0 Å². The van der Waals surface area contributed by atoms with Crippen LogP contribution in [0.4, 0.5) is 0 Å². The van der Waals surface area contributed by atoms with Crippen molar-refractivity contribution in [3.05, 3.63) is 12.7 Å². The van der Waals surface area contributed by atoms with Gasteiger partial charge in [0.25, 0.3) is 0 Å². The third-order valence-corrected chi connectivity index (χ3v) is 0.344. The molecule has 0 bridgehead atoms. The molecule has 0 fully saturated rings. The molecular formula is C3H4Fe. The van der Waals surface area contributed by atoms with E-state index in [1.807, 2.05) is 0 Å². The predicted molar refractivity (Wildman–Crippen MR) is 16.3 cm³/mol. The van der Waals surface area contributed by atoms with Gasteiger partial charge < -0.3 is 0 Å². The Morgan fingerprint density at radius 3 is 2.00 bits per heavy atom. The summed E-state index contributed by atoms with van der Waals surface area (Å²) in [5.41, 5.74) is 0. The summed E-state index contributed by atoms with van der Waals surface area (Å²) in [6.45, 7) is 3.36. The number of allylic oxidation sites excluding steroid dienone is 1. The molecule has 0 amide bonds. The summed E-state index contributed by atoms with van der Waals surface area (Å²) in [5, 5.41) is 0. The molecule has 0 aromatic heterocycles. The van der Waals surface area contributed by atoms with E-state index in [1.54, 1.807) is 11.0 Å². The van der Waals surface area contributed by atoms with E-state index >= 15 is 0 Å². The number of hydrogen-bond donors (Lipinski definition) is 0. The van der Waals surface area contributed by atoms with Gasteiger partial charge in [0.1, 0.15) is 0 Å². The normalized spacial score (nSPS) is 5.25. The standard InChI is InChI=1S/C3H4.Fe/c1-3-2;/h1,3H,2H2;. The summed E-state index contributed by atoms with van der Waals surface area (Å²) < 4.78 is 0. The maximum atomic E-state index is 3.36. The van der Waals surface area contributed by atoms with Crippen molar-refractivity contribution in [3.63, 3.8) is 0 Å². The Bertz CT molecular complexity index is 24.3. The first-order chi connectivity index (χ1) is 1.91. The molecule has 0 rings (SSSR count).